The van der Waals surface area contributed by atoms with Crippen molar-refractivity contribution in [3.05, 3.63) is 35.4 Å². The molecule has 0 aliphatic carbocycles. The highest BCUT2D eigenvalue weighted by Crippen LogP contribution is 2.24. The Bertz CT molecular complexity index is 551. The lowest BCUT2D eigenvalue weighted by Crippen LogP contribution is -2.46. The van der Waals surface area contributed by atoms with Gasteiger partial charge in [0.1, 0.15) is 6.04 Å². The maximum Gasteiger partial charge on any atom is 0.243 e. The van der Waals surface area contributed by atoms with E-state index in [1.54, 1.807) is 4.90 Å². The number of carbonyl (C=O) groups is 2. The van der Waals surface area contributed by atoms with Crippen molar-refractivity contribution < 1.29 is 9.59 Å². The van der Waals surface area contributed by atoms with Gasteiger partial charge < -0.3 is 10.2 Å². The molecule has 0 spiro atoms. The Morgan fingerprint density at radius 1 is 1.26 bits per heavy atom. The number of amides is 2. The molecule has 2 amide bonds. The third-order valence-electron chi connectivity index (χ3n) is 4.30. The molecule has 0 saturated carbocycles. The van der Waals surface area contributed by atoms with E-state index in [1.165, 1.54) is 5.56 Å². The Balaban J connectivity index is 1.95. The topological polar surface area (TPSA) is 49.4 Å². The second-order valence-corrected chi connectivity index (χ2v) is 7.20. The molecule has 1 aromatic rings. The summed E-state index contributed by atoms with van der Waals surface area (Å²) in [6.45, 7) is 9.40. The van der Waals surface area contributed by atoms with Gasteiger partial charge >= 0.3 is 0 Å². The van der Waals surface area contributed by atoms with Crippen LogP contribution in [0.5, 0.6) is 0 Å². The minimum absolute atomic E-state index is 0.0352. The molecular weight excluding hydrogens is 288 g/mol. The predicted octanol–water partition coefficient (Wildman–Crippen LogP) is 2.89. The number of aryl methyl sites for hydroxylation is 1. The summed E-state index contributed by atoms with van der Waals surface area (Å²) in [4.78, 5) is 26.7. The molecule has 1 N–H and O–H groups in total. The van der Waals surface area contributed by atoms with Gasteiger partial charge in [0, 0.05) is 19.5 Å². The number of carbonyl (C=O) groups excluding carboxylic acids is 2. The van der Waals surface area contributed by atoms with Gasteiger partial charge in [-0.3, -0.25) is 9.59 Å². The van der Waals surface area contributed by atoms with Crippen LogP contribution in [0.2, 0.25) is 0 Å². The molecule has 126 valence electrons. The van der Waals surface area contributed by atoms with Crippen LogP contribution in [-0.2, 0) is 16.1 Å². The van der Waals surface area contributed by atoms with Crippen molar-refractivity contribution in [3.8, 4) is 0 Å². The molecule has 1 saturated heterocycles. The Kier molecular flexibility index (Phi) is 5.80. The van der Waals surface area contributed by atoms with Crippen molar-refractivity contribution in [2.75, 3.05) is 6.54 Å². The maximum absolute atomic E-state index is 12.5. The lowest BCUT2D eigenvalue weighted by molar-refractivity contribution is -0.139. The van der Waals surface area contributed by atoms with Crippen LogP contribution in [0.15, 0.2) is 24.3 Å². The van der Waals surface area contributed by atoms with Gasteiger partial charge in [0.25, 0.3) is 0 Å². The largest absolute Gasteiger partial charge is 0.350 e. The molecule has 4 nitrogen and oxygen atoms in total. The summed E-state index contributed by atoms with van der Waals surface area (Å²) in [5, 5.41) is 2.99. The smallest absolute Gasteiger partial charge is 0.243 e. The molecule has 0 bridgehead atoms. The quantitative estimate of drug-likeness (QED) is 0.908. The summed E-state index contributed by atoms with van der Waals surface area (Å²) in [5.74, 6) is 0.753. The zero-order valence-electron chi connectivity index (χ0n) is 14.6. The van der Waals surface area contributed by atoms with Gasteiger partial charge in [-0.05, 0) is 30.7 Å². The van der Waals surface area contributed by atoms with Crippen molar-refractivity contribution in [3.63, 3.8) is 0 Å². The molecule has 1 aromatic carbocycles. The van der Waals surface area contributed by atoms with E-state index in [0.29, 0.717) is 31.3 Å². The first kappa shape index (κ1) is 17.5. The molecule has 1 aliphatic heterocycles. The number of hydrogen-bond acceptors (Lipinski definition) is 2. The van der Waals surface area contributed by atoms with Crippen molar-refractivity contribution in [2.45, 2.75) is 53.1 Å². The van der Waals surface area contributed by atoms with Gasteiger partial charge in [0.05, 0.1) is 0 Å². The Morgan fingerprint density at radius 2 is 1.91 bits per heavy atom. The molecule has 23 heavy (non-hydrogen) atoms. The van der Waals surface area contributed by atoms with Crippen LogP contribution in [0.3, 0.4) is 0 Å². The molecule has 2 rings (SSSR count). The summed E-state index contributed by atoms with van der Waals surface area (Å²) in [6, 6.07) is 7.81. The number of likely N-dealkylation sites (tertiary alicyclic amines) is 1. The molecule has 1 fully saturated rings. The highest BCUT2D eigenvalue weighted by atomic mass is 16.2. The van der Waals surface area contributed by atoms with E-state index in [0.717, 1.165) is 12.0 Å². The minimum atomic E-state index is -0.318. The van der Waals surface area contributed by atoms with E-state index >= 15 is 0 Å². The molecule has 1 heterocycles. The summed E-state index contributed by atoms with van der Waals surface area (Å²) < 4.78 is 0. The molecule has 1 unspecified atom stereocenters. The fraction of sp³-hybridized carbons (Fsp3) is 0.579. The van der Waals surface area contributed by atoms with Crippen molar-refractivity contribution >= 4 is 11.8 Å². The van der Waals surface area contributed by atoms with Gasteiger partial charge in [-0.25, -0.2) is 0 Å². The zero-order valence-corrected chi connectivity index (χ0v) is 14.6. The first-order chi connectivity index (χ1) is 10.9. The monoisotopic (exact) mass is 316 g/mol. The van der Waals surface area contributed by atoms with Crippen LogP contribution in [0, 0.1) is 18.8 Å². The summed E-state index contributed by atoms with van der Waals surface area (Å²) in [5.41, 5.74) is 2.28. The van der Waals surface area contributed by atoms with Crippen LogP contribution < -0.4 is 5.32 Å². The van der Waals surface area contributed by atoms with E-state index in [-0.39, 0.29) is 17.9 Å². The second-order valence-electron chi connectivity index (χ2n) is 7.20. The number of hydrogen-bond donors (Lipinski definition) is 1. The number of nitrogens with zero attached hydrogens (tertiary/aromatic N) is 1. The molecule has 2 atom stereocenters. The molecular formula is C19H28N2O2. The lowest BCUT2D eigenvalue weighted by Gasteiger charge is -2.24. The van der Waals surface area contributed by atoms with Gasteiger partial charge in [-0.2, -0.15) is 0 Å². The molecule has 0 radical (unpaired) electrons. The van der Waals surface area contributed by atoms with Crippen LogP contribution in [0.25, 0.3) is 0 Å². The number of rotatable bonds is 5. The Labute approximate surface area is 139 Å². The van der Waals surface area contributed by atoms with Crippen LogP contribution in [-0.4, -0.2) is 29.3 Å². The summed E-state index contributed by atoms with van der Waals surface area (Å²) in [7, 11) is 0. The van der Waals surface area contributed by atoms with Crippen LogP contribution >= 0.6 is 0 Å². The molecule has 1 aliphatic rings. The van der Waals surface area contributed by atoms with E-state index < -0.39 is 0 Å². The normalized spacial score (nSPS) is 20.8. The summed E-state index contributed by atoms with van der Waals surface area (Å²) >= 11 is 0. The average molecular weight is 316 g/mol. The second kappa shape index (κ2) is 7.62. The average Bonchev–Trinajstić information content (AvgIpc) is 2.88. The third-order valence-corrected chi connectivity index (χ3v) is 4.30. The fourth-order valence-electron chi connectivity index (χ4n) is 3.05. The van der Waals surface area contributed by atoms with Crippen LogP contribution in [0.4, 0.5) is 0 Å². The van der Waals surface area contributed by atoms with Crippen molar-refractivity contribution in [2.24, 2.45) is 11.8 Å². The molecule has 4 heteroatoms. The van der Waals surface area contributed by atoms with Crippen molar-refractivity contribution in [1.82, 2.24) is 10.2 Å². The first-order valence-electron chi connectivity index (χ1n) is 8.49. The van der Waals surface area contributed by atoms with E-state index in [4.69, 9.17) is 0 Å². The predicted molar refractivity (Wildman–Crippen MR) is 91.8 cm³/mol. The highest BCUT2D eigenvalue weighted by molar-refractivity contribution is 5.88. The first-order valence-corrected chi connectivity index (χ1v) is 8.49. The third kappa shape index (κ3) is 4.81. The van der Waals surface area contributed by atoms with Crippen molar-refractivity contribution in [1.29, 1.82) is 0 Å². The lowest BCUT2D eigenvalue weighted by atomic mass is 10.1. The van der Waals surface area contributed by atoms with E-state index in [1.807, 2.05) is 45.0 Å². The SMILES string of the molecule is Cc1ccc(CNC(=O)[C@@H]2CC(C)CN2C(=O)CC(C)C)cc1. The minimum Gasteiger partial charge on any atom is -0.350 e. The Morgan fingerprint density at radius 3 is 2.52 bits per heavy atom. The fourth-order valence-corrected chi connectivity index (χ4v) is 3.05. The van der Waals surface area contributed by atoms with Gasteiger partial charge in [-0.15, -0.1) is 0 Å². The van der Waals surface area contributed by atoms with E-state index in [9.17, 15) is 9.59 Å². The van der Waals surface area contributed by atoms with Gasteiger partial charge in [0.2, 0.25) is 11.8 Å². The number of nitrogens with one attached hydrogen (secondary N) is 1. The zero-order chi connectivity index (χ0) is 17.0. The van der Waals surface area contributed by atoms with Crippen LogP contribution in [0.1, 0.15) is 44.7 Å². The van der Waals surface area contributed by atoms with E-state index in [2.05, 4.69) is 12.2 Å². The summed E-state index contributed by atoms with van der Waals surface area (Å²) in [6.07, 6.45) is 1.26. The standard InChI is InChI=1S/C19H28N2O2/c1-13(2)9-18(22)21-12-15(4)10-17(21)19(23)20-11-16-7-5-14(3)6-8-16/h5-8,13,15,17H,9-12H2,1-4H3,(H,20,23)/t15?,17-/m0/s1. The molecule has 0 aromatic heterocycles. The number of benzene rings is 1. The van der Waals surface area contributed by atoms with Gasteiger partial charge in [0.15, 0.2) is 0 Å². The van der Waals surface area contributed by atoms with Gasteiger partial charge in [-0.1, -0.05) is 50.6 Å². The Hall–Kier alpha value is -1.84. The highest BCUT2D eigenvalue weighted by Gasteiger charge is 2.37. The maximum atomic E-state index is 12.5.